The van der Waals surface area contributed by atoms with Crippen LogP contribution in [0.2, 0.25) is 0 Å². The number of nitrogens with zero attached hydrogens (tertiary/aromatic N) is 4. The summed E-state index contributed by atoms with van der Waals surface area (Å²) in [6.07, 6.45) is 13.0. The number of carbonyl (C=O) groups excluding carboxylic acids is 2. The van der Waals surface area contributed by atoms with Gasteiger partial charge in [0.2, 0.25) is 0 Å². The Bertz CT molecular complexity index is 533. The van der Waals surface area contributed by atoms with Crippen LogP contribution in [0.1, 0.15) is 90.9 Å². The van der Waals surface area contributed by atoms with Gasteiger partial charge in [-0.15, -0.1) is 0 Å². The number of unbranched alkanes of at least 4 members (excludes halogenated alkanes) is 2. The standard InChI is InChI=1S/C23H42N4O2/c1-3-5-13-23(14-6-4-2)21(28)26(19-24-15-9-7-10-16-24)22(29)27(23)20-25-17-11-8-12-18-25/h3-20H2,1-2H3. The Hall–Kier alpha value is -1.14. The maximum atomic E-state index is 13.8. The van der Waals surface area contributed by atoms with Gasteiger partial charge in [-0.1, -0.05) is 52.4 Å². The SMILES string of the molecule is CCCCC1(CCCC)C(=O)N(CN2CCCCC2)C(=O)N1CN1CCCCC1. The molecule has 3 aliphatic rings. The van der Waals surface area contributed by atoms with E-state index >= 15 is 0 Å². The Kier molecular flexibility index (Phi) is 8.36. The summed E-state index contributed by atoms with van der Waals surface area (Å²) in [5.41, 5.74) is -0.629. The Morgan fingerprint density at radius 3 is 1.69 bits per heavy atom. The summed E-state index contributed by atoms with van der Waals surface area (Å²) < 4.78 is 0. The molecule has 0 N–H and O–H groups in total. The van der Waals surface area contributed by atoms with E-state index in [4.69, 9.17) is 0 Å². The Balaban J connectivity index is 1.83. The Morgan fingerprint density at radius 2 is 1.21 bits per heavy atom. The van der Waals surface area contributed by atoms with Crippen LogP contribution in [-0.4, -0.2) is 76.6 Å². The van der Waals surface area contributed by atoms with Gasteiger partial charge in [0.1, 0.15) is 5.54 Å². The highest BCUT2D eigenvalue weighted by molar-refractivity contribution is 6.07. The molecular formula is C23H42N4O2. The van der Waals surface area contributed by atoms with Crippen LogP contribution in [0.5, 0.6) is 0 Å². The van der Waals surface area contributed by atoms with Crippen LogP contribution in [0, 0.1) is 0 Å². The fourth-order valence-corrected chi connectivity index (χ4v) is 5.25. The largest absolute Gasteiger partial charge is 0.329 e. The zero-order valence-electron chi connectivity index (χ0n) is 18.8. The Labute approximate surface area is 177 Å². The molecule has 0 saturated carbocycles. The lowest BCUT2D eigenvalue weighted by atomic mass is 9.85. The maximum absolute atomic E-state index is 13.8. The van der Waals surface area contributed by atoms with Crippen LogP contribution < -0.4 is 0 Å². The Morgan fingerprint density at radius 1 is 0.724 bits per heavy atom. The van der Waals surface area contributed by atoms with Crippen molar-refractivity contribution >= 4 is 11.9 Å². The number of amides is 3. The normalized spacial score (nSPS) is 23.9. The monoisotopic (exact) mass is 406 g/mol. The third-order valence-electron chi connectivity index (χ3n) is 7.09. The van der Waals surface area contributed by atoms with E-state index in [1.807, 2.05) is 4.90 Å². The first-order valence-corrected chi connectivity index (χ1v) is 12.2. The van der Waals surface area contributed by atoms with E-state index in [9.17, 15) is 9.59 Å². The van der Waals surface area contributed by atoms with Crippen molar-refractivity contribution in [2.75, 3.05) is 39.5 Å². The van der Waals surface area contributed by atoms with Gasteiger partial charge in [0.05, 0.1) is 13.3 Å². The highest BCUT2D eigenvalue weighted by atomic mass is 16.2. The zero-order valence-corrected chi connectivity index (χ0v) is 18.8. The molecule has 3 saturated heterocycles. The molecule has 3 fully saturated rings. The minimum Gasteiger partial charge on any atom is -0.297 e. The number of urea groups is 1. The van der Waals surface area contributed by atoms with Crippen molar-refractivity contribution in [3.05, 3.63) is 0 Å². The molecule has 0 aromatic carbocycles. The summed E-state index contributed by atoms with van der Waals surface area (Å²) in [4.78, 5) is 35.7. The molecule has 6 nitrogen and oxygen atoms in total. The predicted molar refractivity (Wildman–Crippen MR) is 116 cm³/mol. The fourth-order valence-electron chi connectivity index (χ4n) is 5.25. The van der Waals surface area contributed by atoms with E-state index < -0.39 is 5.54 Å². The second kappa shape index (κ2) is 10.8. The van der Waals surface area contributed by atoms with Gasteiger partial charge in [0.15, 0.2) is 0 Å². The van der Waals surface area contributed by atoms with E-state index in [0.29, 0.717) is 13.3 Å². The summed E-state index contributed by atoms with van der Waals surface area (Å²) in [6.45, 7) is 9.54. The molecule has 29 heavy (non-hydrogen) atoms. The lowest BCUT2D eigenvalue weighted by Crippen LogP contribution is -2.54. The van der Waals surface area contributed by atoms with Gasteiger partial charge in [-0.05, 0) is 64.7 Å². The number of piperidine rings is 2. The summed E-state index contributed by atoms with van der Waals surface area (Å²) in [5, 5.41) is 0. The second-order valence-corrected chi connectivity index (χ2v) is 9.32. The topological polar surface area (TPSA) is 47.1 Å². The third-order valence-corrected chi connectivity index (χ3v) is 7.09. The van der Waals surface area contributed by atoms with Crippen LogP contribution in [0.3, 0.4) is 0 Å². The van der Waals surface area contributed by atoms with Crippen LogP contribution in [0.4, 0.5) is 4.79 Å². The minimum atomic E-state index is -0.629. The smallest absolute Gasteiger partial charge is 0.297 e. The molecule has 166 valence electrons. The molecule has 0 radical (unpaired) electrons. The first kappa shape index (κ1) is 22.5. The third kappa shape index (κ3) is 5.13. The first-order chi connectivity index (χ1) is 14.1. The molecule has 3 aliphatic heterocycles. The first-order valence-electron chi connectivity index (χ1n) is 12.2. The van der Waals surface area contributed by atoms with E-state index in [1.54, 1.807) is 4.90 Å². The van der Waals surface area contributed by atoms with E-state index in [-0.39, 0.29) is 11.9 Å². The van der Waals surface area contributed by atoms with Crippen molar-refractivity contribution in [2.24, 2.45) is 0 Å². The van der Waals surface area contributed by atoms with Crippen molar-refractivity contribution in [2.45, 2.75) is 96.4 Å². The van der Waals surface area contributed by atoms with Gasteiger partial charge in [0.25, 0.3) is 5.91 Å². The van der Waals surface area contributed by atoms with Gasteiger partial charge in [-0.2, -0.15) is 0 Å². The number of rotatable bonds is 10. The molecule has 0 atom stereocenters. The van der Waals surface area contributed by atoms with Crippen LogP contribution >= 0.6 is 0 Å². The number of imide groups is 1. The molecule has 3 heterocycles. The summed E-state index contributed by atoms with van der Waals surface area (Å²) in [7, 11) is 0. The van der Waals surface area contributed by atoms with Crippen LogP contribution in [-0.2, 0) is 4.79 Å². The molecule has 0 spiro atoms. The minimum absolute atomic E-state index is 0.0432. The maximum Gasteiger partial charge on any atom is 0.329 e. The second-order valence-electron chi connectivity index (χ2n) is 9.32. The van der Waals surface area contributed by atoms with E-state index in [0.717, 1.165) is 64.7 Å². The van der Waals surface area contributed by atoms with E-state index in [1.165, 1.54) is 38.5 Å². The van der Waals surface area contributed by atoms with Crippen molar-refractivity contribution in [1.82, 2.24) is 19.6 Å². The fraction of sp³-hybridized carbons (Fsp3) is 0.913. The van der Waals surface area contributed by atoms with Crippen LogP contribution in [0.15, 0.2) is 0 Å². The van der Waals surface area contributed by atoms with Crippen molar-refractivity contribution in [3.8, 4) is 0 Å². The molecule has 0 unspecified atom stereocenters. The molecule has 0 aromatic heterocycles. The lowest BCUT2D eigenvalue weighted by molar-refractivity contribution is -0.136. The molecule has 3 amide bonds. The molecular weight excluding hydrogens is 364 g/mol. The number of hydrogen-bond acceptors (Lipinski definition) is 4. The summed E-state index contributed by atoms with van der Waals surface area (Å²) >= 11 is 0. The summed E-state index contributed by atoms with van der Waals surface area (Å²) in [5.74, 6) is 0.0759. The average molecular weight is 407 g/mol. The van der Waals surface area contributed by atoms with Gasteiger partial charge in [0, 0.05) is 0 Å². The number of likely N-dealkylation sites (tertiary alicyclic amines) is 2. The van der Waals surface area contributed by atoms with E-state index in [2.05, 4.69) is 23.6 Å². The molecule has 6 heteroatoms. The zero-order chi connectivity index (χ0) is 20.7. The quantitative estimate of drug-likeness (QED) is 0.509. The predicted octanol–water partition coefficient (Wildman–Crippen LogP) is 4.26. The molecule has 0 aromatic rings. The molecule has 3 rings (SSSR count). The molecule has 0 bridgehead atoms. The highest BCUT2D eigenvalue weighted by Crippen LogP contribution is 2.38. The van der Waals surface area contributed by atoms with Gasteiger partial charge >= 0.3 is 6.03 Å². The van der Waals surface area contributed by atoms with Gasteiger partial charge in [-0.3, -0.25) is 19.5 Å². The van der Waals surface area contributed by atoms with Crippen molar-refractivity contribution < 1.29 is 9.59 Å². The van der Waals surface area contributed by atoms with Crippen molar-refractivity contribution in [1.29, 1.82) is 0 Å². The van der Waals surface area contributed by atoms with Crippen LogP contribution in [0.25, 0.3) is 0 Å². The lowest BCUT2D eigenvalue weighted by Gasteiger charge is -2.39. The number of carbonyl (C=O) groups is 2. The number of hydrogen-bond donors (Lipinski definition) is 0. The summed E-state index contributed by atoms with van der Waals surface area (Å²) in [6, 6.07) is -0.0432. The highest BCUT2D eigenvalue weighted by Gasteiger charge is 2.56. The van der Waals surface area contributed by atoms with Crippen molar-refractivity contribution in [3.63, 3.8) is 0 Å². The van der Waals surface area contributed by atoms with Gasteiger partial charge < -0.3 is 0 Å². The van der Waals surface area contributed by atoms with Gasteiger partial charge in [-0.25, -0.2) is 9.69 Å². The average Bonchev–Trinajstić information content (AvgIpc) is 2.94. The molecule has 0 aliphatic carbocycles.